The van der Waals surface area contributed by atoms with E-state index in [0.29, 0.717) is 6.54 Å². The first-order chi connectivity index (χ1) is 13.1. The van der Waals surface area contributed by atoms with Gasteiger partial charge in [-0.15, -0.1) is 0 Å². The second-order valence-electron chi connectivity index (χ2n) is 7.41. The van der Waals surface area contributed by atoms with Crippen LogP contribution in [0.15, 0.2) is 35.3 Å². The molecular weight excluding hydrogens is 342 g/mol. The highest BCUT2D eigenvalue weighted by Gasteiger charge is 2.54. The van der Waals surface area contributed by atoms with Crippen LogP contribution in [0.4, 0.5) is 10.5 Å². The Morgan fingerprint density at radius 2 is 1.85 bits per heavy atom. The standard InChI is InChI=1S/C20H27N5O2/c1-3-4-5-9-12-25-18(26)16-17(22(2)20(25)27)21-19-23(13-14-24(16)19)15-10-7-6-8-11-15/h6-8,10-11,16-17H,3-5,9,12-14H2,1-2H3. The van der Waals surface area contributed by atoms with Crippen LogP contribution in [0, 0.1) is 0 Å². The number of benzene rings is 1. The first-order valence-corrected chi connectivity index (χ1v) is 9.88. The van der Waals surface area contributed by atoms with Crippen molar-refractivity contribution in [1.82, 2.24) is 14.7 Å². The lowest BCUT2D eigenvalue weighted by molar-refractivity contribution is -0.137. The van der Waals surface area contributed by atoms with E-state index in [2.05, 4.69) is 16.7 Å². The number of amides is 3. The van der Waals surface area contributed by atoms with E-state index in [4.69, 9.17) is 4.99 Å². The summed E-state index contributed by atoms with van der Waals surface area (Å²) in [6.45, 7) is 4.19. The number of hydrogen-bond donors (Lipinski definition) is 0. The first kappa shape index (κ1) is 17.8. The summed E-state index contributed by atoms with van der Waals surface area (Å²) in [7, 11) is 1.75. The van der Waals surface area contributed by atoms with Crippen LogP contribution in [-0.4, -0.2) is 71.5 Å². The number of urea groups is 1. The van der Waals surface area contributed by atoms with Crippen LogP contribution in [0.2, 0.25) is 0 Å². The molecule has 2 fully saturated rings. The van der Waals surface area contributed by atoms with Gasteiger partial charge in [-0.3, -0.25) is 9.69 Å². The number of fused-ring (bicyclic) bond motifs is 3. The fourth-order valence-electron chi connectivity index (χ4n) is 4.19. The van der Waals surface area contributed by atoms with Gasteiger partial charge in [0, 0.05) is 32.4 Å². The molecule has 0 aromatic heterocycles. The van der Waals surface area contributed by atoms with Gasteiger partial charge in [0.05, 0.1) is 0 Å². The summed E-state index contributed by atoms with van der Waals surface area (Å²) in [5.74, 6) is 0.699. The number of imide groups is 1. The van der Waals surface area contributed by atoms with E-state index < -0.39 is 12.2 Å². The summed E-state index contributed by atoms with van der Waals surface area (Å²) in [4.78, 5) is 37.9. The summed E-state index contributed by atoms with van der Waals surface area (Å²) in [6.07, 6.45) is 3.73. The van der Waals surface area contributed by atoms with Gasteiger partial charge in [-0.1, -0.05) is 44.4 Å². The minimum absolute atomic E-state index is 0.103. The van der Waals surface area contributed by atoms with Gasteiger partial charge in [0.1, 0.15) is 0 Å². The molecule has 0 bridgehead atoms. The molecule has 4 rings (SSSR count). The number of unbranched alkanes of at least 4 members (excludes halogenated alkanes) is 3. The molecule has 27 heavy (non-hydrogen) atoms. The highest BCUT2D eigenvalue weighted by Crippen LogP contribution is 2.33. The Labute approximate surface area is 160 Å². The third kappa shape index (κ3) is 2.95. The Kier molecular flexibility index (Phi) is 4.76. The minimum Gasteiger partial charge on any atom is -0.325 e. The van der Waals surface area contributed by atoms with Gasteiger partial charge in [-0.05, 0) is 18.6 Å². The van der Waals surface area contributed by atoms with Crippen molar-refractivity contribution in [2.24, 2.45) is 4.99 Å². The van der Waals surface area contributed by atoms with E-state index in [0.717, 1.165) is 50.4 Å². The lowest BCUT2D eigenvalue weighted by Gasteiger charge is -2.40. The van der Waals surface area contributed by atoms with E-state index in [1.807, 2.05) is 30.3 Å². The maximum atomic E-state index is 13.2. The molecule has 3 amide bonds. The van der Waals surface area contributed by atoms with Crippen molar-refractivity contribution in [1.29, 1.82) is 0 Å². The summed E-state index contributed by atoms with van der Waals surface area (Å²) in [5, 5.41) is 0. The third-order valence-corrected chi connectivity index (χ3v) is 5.68. The number of anilines is 1. The predicted molar refractivity (Wildman–Crippen MR) is 105 cm³/mol. The van der Waals surface area contributed by atoms with Crippen molar-refractivity contribution in [2.75, 3.05) is 31.6 Å². The smallest absolute Gasteiger partial charge is 0.325 e. The van der Waals surface area contributed by atoms with Crippen molar-refractivity contribution < 1.29 is 9.59 Å². The van der Waals surface area contributed by atoms with E-state index in [9.17, 15) is 9.59 Å². The molecule has 1 aromatic rings. The monoisotopic (exact) mass is 369 g/mol. The molecule has 3 aliphatic heterocycles. The molecule has 144 valence electrons. The van der Waals surface area contributed by atoms with Crippen molar-refractivity contribution in [3.63, 3.8) is 0 Å². The van der Waals surface area contributed by atoms with Crippen LogP contribution in [0.1, 0.15) is 32.6 Å². The van der Waals surface area contributed by atoms with Gasteiger partial charge >= 0.3 is 6.03 Å². The fraction of sp³-hybridized carbons (Fsp3) is 0.550. The van der Waals surface area contributed by atoms with Crippen LogP contribution in [0.25, 0.3) is 0 Å². The number of carbonyl (C=O) groups is 2. The second-order valence-corrected chi connectivity index (χ2v) is 7.41. The molecule has 0 spiro atoms. The van der Waals surface area contributed by atoms with E-state index >= 15 is 0 Å². The third-order valence-electron chi connectivity index (χ3n) is 5.68. The van der Waals surface area contributed by atoms with Gasteiger partial charge in [0.2, 0.25) is 5.96 Å². The molecule has 1 aromatic carbocycles. The van der Waals surface area contributed by atoms with Gasteiger partial charge in [0.15, 0.2) is 12.2 Å². The second kappa shape index (κ2) is 7.21. The summed E-state index contributed by atoms with van der Waals surface area (Å²) >= 11 is 0. The highest BCUT2D eigenvalue weighted by atomic mass is 16.2. The zero-order chi connectivity index (χ0) is 19.0. The fourth-order valence-corrected chi connectivity index (χ4v) is 4.19. The van der Waals surface area contributed by atoms with Gasteiger partial charge < -0.3 is 14.7 Å². The molecule has 0 radical (unpaired) electrons. The van der Waals surface area contributed by atoms with Gasteiger partial charge in [0.25, 0.3) is 5.91 Å². The van der Waals surface area contributed by atoms with Crippen molar-refractivity contribution in [2.45, 2.75) is 44.8 Å². The first-order valence-electron chi connectivity index (χ1n) is 9.88. The lowest BCUT2D eigenvalue weighted by Crippen LogP contribution is -2.64. The average molecular weight is 369 g/mol. The van der Waals surface area contributed by atoms with Crippen LogP contribution in [0.3, 0.4) is 0 Å². The molecule has 2 unspecified atom stereocenters. The average Bonchev–Trinajstić information content (AvgIpc) is 3.25. The molecule has 7 heteroatoms. The molecule has 0 N–H and O–H groups in total. The number of rotatable bonds is 6. The van der Waals surface area contributed by atoms with Crippen LogP contribution >= 0.6 is 0 Å². The highest BCUT2D eigenvalue weighted by molar-refractivity contribution is 6.07. The molecule has 3 heterocycles. The number of carbonyl (C=O) groups excluding carboxylic acids is 2. The van der Waals surface area contributed by atoms with E-state index in [-0.39, 0.29) is 11.9 Å². The summed E-state index contributed by atoms with van der Waals surface area (Å²) in [6, 6.07) is 9.45. The number of likely N-dealkylation sites (N-methyl/N-ethyl adjacent to an activating group) is 1. The maximum absolute atomic E-state index is 13.2. The van der Waals surface area contributed by atoms with Crippen LogP contribution in [0.5, 0.6) is 0 Å². The van der Waals surface area contributed by atoms with Gasteiger partial charge in [-0.2, -0.15) is 0 Å². The van der Waals surface area contributed by atoms with E-state index in [1.54, 1.807) is 11.9 Å². The number of aliphatic imine (C=N–C) groups is 1. The number of hydrogen-bond acceptors (Lipinski definition) is 5. The largest absolute Gasteiger partial charge is 0.328 e. The maximum Gasteiger partial charge on any atom is 0.328 e. The molecule has 2 atom stereocenters. The van der Waals surface area contributed by atoms with E-state index in [1.165, 1.54) is 4.90 Å². The normalized spacial score (nSPS) is 24.4. The van der Waals surface area contributed by atoms with Crippen molar-refractivity contribution >= 4 is 23.6 Å². The zero-order valence-corrected chi connectivity index (χ0v) is 16.0. The number of para-hydroxylation sites is 1. The molecule has 0 aliphatic carbocycles. The molecule has 3 aliphatic rings. The van der Waals surface area contributed by atoms with Crippen LogP contribution in [-0.2, 0) is 4.79 Å². The predicted octanol–water partition coefficient (Wildman–Crippen LogP) is 2.35. The Bertz CT molecular complexity index is 750. The Morgan fingerprint density at radius 1 is 1.07 bits per heavy atom. The number of nitrogens with zero attached hydrogens (tertiary/aromatic N) is 5. The van der Waals surface area contributed by atoms with Crippen molar-refractivity contribution in [3.8, 4) is 0 Å². The molecule has 2 saturated heterocycles. The topological polar surface area (TPSA) is 59.5 Å². The van der Waals surface area contributed by atoms with Crippen LogP contribution < -0.4 is 4.90 Å². The summed E-state index contributed by atoms with van der Waals surface area (Å²) in [5.41, 5.74) is 1.07. The quantitative estimate of drug-likeness (QED) is 0.722. The Balaban J connectivity index is 1.54. The lowest BCUT2D eigenvalue weighted by atomic mass is 10.1. The molecule has 7 nitrogen and oxygen atoms in total. The Morgan fingerprint density at radius 3 is 2.59 bits per heavy atom. The SMILES string of the molecule is CCCCCCN1C(=O)C2C(N=C3N(c4ccccc4)CCN32)N(C)C1=O. The summed E-state index contributed by atoms with van der Waals surface area (Å²) < 4.78 is 0. The number of guanidine groups is 1. The van der Waals surface area contributed by atoms with Gasteiger partial charge in [-0.25, -0.2) is 9.79 Å². The molecule has 0 saturated carbocycles. The van der Waals surface area contributed by atoms with Crippen molar-refractivity contribution in [3.05, 3.63) is 30.3 Å². The Hall–Kier alpha value is -2.57. The minimum atomic E-state index is -0.432. The zero-order valence-electron chi connectivity index (χ0n) is 16.0. The molecular formula is C20H27N5O2.